The summed E-state index contributed by atoms with van der Waals surface area (Å²) in [6, 6.07) is 0. The molecule has 0 unspecified atom stereocenters. The molecule has 0 aliphatic heterocycles. The fraction of sp³-hybridized carbons (Fsp3) is 0.923. The maximum Gasteiger partial charge on any atom is 0.409 e. The Hall–Kier alpha value is -0.730. The van der Waals surface area contributed by atoms with Crippen molar-refractivity contribution in [2.24, 2.45) is 17.8 Å². The van der Waals surface area contributed by atoms with E-state index in [0.29, 0.717) is 0 Å². The summed E-state index contributed by atoms with van der Waals surface area (Å²) in [6.45, 7) is 0. The number of hydrogen-bond acceptors (Lipinski definition) is 2. The first-order chi connectivity index (χ1) is 7.63. The molecule has 0 aromatic carbocycles. The Morgan fingerprint density at radius 1 is 1.12 bits per heavy atom. The van der Waals surface area contributed by atoms with Gasteiger partial charge in [0.15, 0.2) is 0 Å². The Balaban J connectivity index is 1.85. The molecule has 16 heavy (non-hydrogen) atoms. The van der Waals surface area contributed by atoms with Crippen LogP contribution in [-0.2, 0) is 4.74 Å². The molecule has 0 aromatic heterocycles. The zero-order valence-electron chi connectivity index (χ0n) is 10.2. The van der Waals surface area contributed by atoms with E-state index in [9.17, 15) is 4.79 Å². The molecule has 1 amide bonds. The lowest BCUT2D eigenvalue weighted by Gasteiger charge is -2.59. The normalized spacial score (nSPS) is 44.5. The van der Waals surface area contributed by atoms with Crippen molar-refractivity contribution in [3.05, 3.63) is 0 Å². The summed E-state index contributed by atoms with van der Waals surface area (Å²) in [7, 11) is 3.41. The van der Waals surface area contributed by atoms with Crippen molar-refractivity contribution in [2.75, 3.05) is 14.2 Å². The largest absolute Gasteiger partial charge is 0.453 e. The molecule has 0 spiro atoms. The number of amides is 1. The van der Waals surface area contributed by atoms with E-state index >= 15 is 0 Å². The van der Waals surface area contributed by atoms with Crippen LogP contribution in [0.25, 0.3) is 0 Å². The molecule has 4 aliphatic rings. The number of carbonyl (C=O) groups is 1. The topological polar surface area (TPSA) is 29.5 Å². The highest BCUT2D eigenvalue weighted by molar-refractivity contribution is 5.68. The van der Waals surface area contributed by atoms with E-state index < -0.39 is 0 Å². The zero-order chi connectivity index (χ0) is 11.3. The van der Waals surface area contributed by atoms with Gasteiger partial charge in [0.25, 0.3) is 0 Å². The van der Waals surface area contributed by atoms with Crippen LogP contribution < -0.4 is 0 Å². The van der Waals surface area contributed by atoms with Crippen molar-refractivity contribution in [1.29, 1.82) is 0 Å². The maximum atomic E-state index is 11.7. The molecule has 3 heteroatoms. The molecule has 0 N–H and O–H groups in total. The van der Waals surface area contributed by atoms with Crippen molar-refractivity contribution in [2.45, 2.75) is 44.1 Å². The third kappa shape index (κ3) is 1.36. The summed E-state index contributed by atoms with van der Waals surface area (Å²) >= 11 is 0. The predicted molar refractivity (Wildman–Crippen MR) is 61.1 cm³/mol. The van der Waals surface area contributed by atoms with Gasteiger partial charge in [-0.3, -0.25) is 0 Å². The van der Waals surface area contributed by atoms with Gasteiger partial charge in [-0.05, 0) is 56.3 Å². The van der Waals surface area contributed by atoms with E-state index in [0.717, 1.165) is 17.8 Å². The second kappa shape index (κ2) is 3.38. The third-order valence-corrected chi connectivity index (χ3v) is 5.17. The van der Waals surface area contributed by atoms with Crippen LogP contribution >= 0.6 is 0 Å². The van der Waals surface area contributed by atoms with Crippen LogP contribution in [0.2, 0.25) is 0 Å². The van der Waals surface area contributed by atoms with Gasteiger partial charge < -0.3 is 9.64 Å². The van der Waals surface area contributed by atoms with E-state index in [4.69, 9.17) is 4.74 Å². The molecule has 4 rings (SSSR count). The monoisotopic (exact) mass is 223 g/mol. The lowest BCUT2D eigenvalue weighted by atomic mass is 9.52. The van der Waals surface area contributed by atoms with Gasteiger partial charge in [0, 0.05) is 12.6 Å². The highest BCUT2D eigenvalue weighted by Gasteiger charge is 2.54. The van der Waals surface area contributed by atoms with Crippen LogP contribution in [0.4, 0.5) is 4.79 Å². The maximum absolute atomic E-state index is 11.7. The molecule has 4 bridgehead atoms. The van der Waals surface area contributed by atoms with Crippen LogP contribution in [0.15, 0.2) is 0 Å². The molecule has 4 aliphatic carbocycles. The summed E-state index contributed by atoms with van der Waals surface area (Å²) in [5.41, 5.74) is 0.141. The van der Waals surface area contributed by atoms with Crippen molar-refractivity contribution < 1.29 is 9.53 Å². The smallest absolute Gasteiger partial charge is 0.409 e. The molecular formula is C13H21NO2. The Kier molecular flexibility index (Phi) is 2.20. The average molecular weight is 223 g/mol. The Labute approximate surface area is 97.1 Å². The number of carbonyl (C=O) groups excluding carboxylic acids is 1. The fourth-order valence-corrected chi connectivity index (χ4v) is 4.81. The third-order valence-electron chi connectivity index (χ3n) is 5.17. The van der Waals surface area contributed by atoms with Gasteiger partial charge in [0.2, 0.25) is 0 Å². The molecule has 4 fully saturated rings. The molecule has 0 heterocycles. The lowest BCUT2D eigenvalue weighted by molar-refractivity contribution is -0.0708. The second-order valence-corrected chi connectivity index (χ2v) is 6.17. The van der Waals surface area contributed by atoms with Crippen LogP contribution in [0.5, 0.6) is 0 Å². The van der Waals surface area contributed by atoms with Gasteiger partial charge >= 0.3 is 6.09 Å². The number of hydrogen-bond donors (Lipinski definition) is 0. The zero-order valence-corrected chi connectivity index (χ0v) is 10.2. The Morgan fingerprint density at radius 2 is 1.56 bits per heavy atom. The van der Waals surface area contributed by atoms with E-state index in [-0.39, 0.29) is 11.6 Å². The standard InChI is InChI=1S/C13H21NO2/c1-14(12(15)16-2)13-6-9-3-10(7-13)5-11(4-9)8-13/h9-11H,3-8H2,1-2H3. The minimum absolute atomic E-state index is 0.141. The first-order valence-electron chi connectivity index (χ1n) is 6.45. The van der Waals surface area contributed by atoms with Gasteiger partial charge in [-0.25, -0.2) is 4.79 Å². The highest BCUT2D eigenvalue weighted by atomic mass is 16.5. The van der Waals surface area contributed by atoms with Gasteiger partial charge in [-0.15, -0.1) is 0 Å². The van der Waals surface area contributed by atoms with Crippen molar-refractivity contribution in [1.82, 2.24) is 4.90 Å². The Morgan fingerprint density at radius 3 is 1.94 bits per heavy atom. The van der Waals surface area contributed by atoms with E-state index in [1.807, 2.05) is 11.9 Å². The van der Waals surface area contributed by atoms with Gasteiger partial charge in [-0.2, -0.15) is 0 Å². The predicted octanol–water partition coefficient (Wildman–Crippen LogP) is 2.65. The van der Waals surface area contributed by atoms with Crippen molar-refractivity contribution in [3.8, 4) is 0 Å². The van der Waals surface area contributed by atoms with E-state index in [2.05, 4.69) is 0 Å². The Bertz CT molecular complexity index is 278. The van der Waals surface area contributed by atoms with Crippen molar-refractivity contribution in [3.63, 3.8) is 0 Å². The number of rotatable bonds is 1. The second-order valence-electron chi connectivity index (χ2n) is 6.17. The SMILES string of the molecule is COC(=O)N(C)C12CC3CC(CC(C3)C1)C2. The van der Waals surface area contributed by atoms with Crippen molar-refractivity contribution >= 4 is 6.09 Å². The molecule has 4 saturated carbocycles. The number of ether oxygens (including phenoxy) is 1. The molecule has 0 atom stereocenters. The lowest BCUT2D eigenvalue weighted by Crippen LogP contribution is -2.60. The van der Waals surface area contributed by atoms with Crippen LogP contribution in [0.3, 0.4) is 0 Å². The molecule has 0 radical (unpaired) electrons. The van der Waals surface area contributed by atoms with Gasteiger partial charge in [0.1, 0.15) is 0 Å². The number of nitrogens with zero attached hydrogens (tertiary/aromatic N) is 1. The molecule has 0 saturated heterocycles. The molecular weight excluding hydrogens is 202 g/mol. The first kappa shape index (κ1) is 10.4. The van der Waals surface area contributed by atoms with Gasteiger partial charge in [-0.1, -0.05) is 0 Å². The quantitative estimate of drug-likeness (QED) is 0.684. The minimum Gasteiger partial charge on any atom is -0.453 e. The summed E-state index contributed by atoms with van der Waals surface area (Å²) in [6.07, 6.45) is 7.72. The number of methoxy groups -OCH3 is 1. The summed E-state index contributed by atoms with van der Waals surface area (Å²) in [4.78, 5) is 13.6. The minimum atomic E-state index is -0.151. The molecule has 90 valence electrons. The summed E-state index contributed by atoms with van der Waals surface area (Å²) < 4.78 is 4.89. The molecule has 3 nitrogen and oxygen atoms in total. The van der Waals surface area contributed by atoms with E-state index in [1.165, 1.54) is 45.6 Å². The highest BCUT2D eigenvalue weighted by Crippen LogP contribution is 2.57. The summed E-state index contributed by atoms with van der Waals surface area (Å²) in [5.74, 6) is 2.62. The first-order valence-corrected chi connectivity index (χ1v) is 6.45. The van der Waals surface area contributed by atoms with Crippen LogP contribution in [-0.4, -0.2) is 30.7 Å². The van der Waals surface area contributed by atoms with Crippen LogP contribution in [0.1, 0.15) is 38.5 Å². The van der Waals surface area contributed by atoms with E-state index in [1.54, 1.807) is 0 Å². The van der Waals surface area contributed by atoms with Crippen LogP contribution in [0, 0.1) is 17.8 Å². The average Bonchev–Trinajstić information content (AvgIpc) is 2.25. The summed E-state index contributed by atoms with van der Waals surface area (Å²) in [5, 5.41) is 0. The molecule has 0 aromatic rings. The van der Waals surface area contributed by atoms with Gasteiger partial charge in [0.05, 0.1) is 7.11 Å². The fourth-order valence-electron chi connectivity index (χ4n) is 4.81.